The Morgan fingerprint density at radius 2 is 1.78 bits per heavy atom. The number of rotatable bonds is 4. The molecule has 0 spiro atoms. The van der Waals surface area contributed by atoms with Crippen molar-refractivity contribution in [3.05, 3.63) is 109 Å². The molecule has 0 amide bonds. The van der Waals surface area contributed by atoms with Gasteiger partial charge in [0, 0.05) is 19.8 Å². The fraction of sp³-hybridized carbons (Fsp3) is 0.208. The van der Waals surface area contributed by atoms with Crippen LogP contribution in [0.3, 0.4) is 0 Å². The average molecular weight is 435 g/mol. The first kappa shape index (κ1) is 21.3. The molecule has 164 valence electrons. The number of ether oxygens (including phenoxy) is 1. The number of benzene rings is 2. The van der Waals surface area contributed by atoms with Crippen molar-refractivity contribution in [3.8, 4) is 0 Å². The lowest BCUT2D eigenvalue weighted by molar-refractivity contribution is -0.140. The van der Waals surface area contributed by atoms with Gasteiger partial charge in [-0.2, -0.15) is 0 Å². The number of carbonyl (C=O) groups is 1. The summed E-state index contributed by atoms with van der Waals surface area (Å²) in [6.45, 7) is 1.71. The van der Waals surface area contributed by atoms with Crippen LogP contribution in [0.2, 0.25) is 0 Å². The van der Waals surface area contributed by atoms with Gasteiger partial charge in [-0.25, -0.2) is 14.0 Å². The first-order valence-corrected chi connectivity index (χ1v) is 10.0. The minimum atomic E-state index is -0.907. The largest absolute Gasteiger partial charge is 0.457 e. The number of hydrogen-bond donors (Lipinski definition) is 1. The second-order valence-corrected chi connectivity index (χ2v) is 7.68. The first-order chi connectivity index (χ1) is 15.3. The fourth-order valence-corrected chi connectivity index (χ4v) is 3.98. The quantitative estimate of drug-likeness (QED) is 0.638. The van der Waals surface area contributed by atoms with Gasteiger partial charge in [0.25, 0.3) is 5.56 Å². The number of aromatic nitrogens is 2. The summed E-state index contributed by atoms with van der Waals surface area (Å²) in [6, 6.07) is 14.9. The molecule has 1 aliphatic heterocycles. The summed E-state index contributed by atoms with van der Waals surface area (Å²) in [5.41, 5.74) is 0.937. The van der Waals surface area contributed by atoms with E-state index in [2.05, 4.69) is 5.32 Å². The Morgan fingerprint density at radius 1 is 1.06 bits per heavy atom. The van der Waals surface area contributed by atoms with Crippen molar-refractivity contribution in [2.75, 3.05) is 5.32 Å². The zero-order chi connectivity index (χ0) is 23.0. The van der Waals surface area contributed by atoms with Gasteiger partial charge in [-0.3, -0.25) is 13.9 Å². The molecule has 0 aliphatic carbocycles. The number of fused-ring (bicyclic) bond motifs is 1. The second-order valence-electron chi connectivity index (χ2n) is 7.68. The highest BCUT2D eigenvalue weighted by atomic mass is 19.1. The van der Waals surface area contributed by atoms with E-state index in [1.165, 1.54) is 36.9 Å². The molecule has 32 heavy (non-hydrogen) atoms. The number of esters is 1. The zero-order valence-corrected chi connectivity index (χ0v) is 17.9. The van der Waals surface area contributed by atoms with Gasteiger partial charge in [-0.05, 0) is 30.2 Å². The van der Waals surface area contributed by atoms with Crippen LogP contribution in [0.4, 0.5) is 10.2 Å². The van der Waals surface area contributed by atoms with E-state index in [9.17, 15) is 18.8 Å². The van der Waals surface area contributed by atoms with Crippen LogP contribution in [0.25, 0.3) is 0 Å². The van der Waals surface area contributed by atoms with E-state index in [4.69, 9.17) is 4.74 Å². The van der Waals surface area contributed by atoms with Gasteiger partial charge in [0.2, 0.25) is 0 Å². The number of allylic oxidation sites excluding steroid dienone is 1. The first-order valence-electron chi connectivity index (χ1n) is 10.0. The highest BCUT2D eigenvalue weighted by molar-refractivity contribution is 5.94. The molecule has 0 saturated heterocycles. The van der Waals surface area contributed by atoms with Gasteiger partial charge in [-0.1, -0.05) is 42.5 Å². The summed E-state index contributed by atoms with van der Waals surface area (Å²) in [5, 5.41) is 3.02. The van der Waals surface area contributed by atoms with Gasteiger partial charge < -0.3 is 10.1 Å². The molecule has 0 unspecified atom stereocenters. The lowest BCUT2D eigenvalue weighted by Gasteiger charge is -2.30. The molecular formula is C24H22FN3O4. The molecule has 0 radical (unpaired) electrons. The lowest BCUT2D eigenvalue weighted by Crippen LogP contribution is -2.43. The van der Waals surface area contributed by atoms with Crippen molar-refractivity contribution in [1.82, 2.24) is 9.13 Å². The number of nitrogens with one attached hydrogen (secondary N) is 1. The summed E-state index contributed by atoms with van der Waals surface area (Å²) < 4.78 is 22.0. The Labute approximate surface area is 183 Å². The maximum atomic E-state index is 14.1. The van der Waals surface area contributed by atoms with Crippen LogP contribution in [0.15, 0.2) is 75.5 Å². The predicted octanol–water partition coefficient (Wildman–Crippen LogP) is 2.80. The molecular weight excluding hydrogens is 413 g/mol. The highest BCUT2D eigenvalue weighted by Crippen LogP contribution is 2.40. The second kappa shape index (κ2) is 8.30. The van der Waals surface area contributed by atoms with E-state index in [1.807, 2.05) is 30.3 Å². The number of carbonyl (C=O) groups excluding carboxylic acids is 1. The third-order valence-electron chi connectivity index (χ3n) is 5.60. The highest BCUT2D eigenvalue weighted by Gasteiger charge is 2.37. The summed E-state index contributed by atoms with van der Waals surface area (Å²) in [6.07, 6.45) is 0. The maximum Gasteiger partial charge on any atom is 0.337 e. The predicted molar refractivity (Wildman–Crippen MR) is 118 cm³/mol. The molecule has 0 fully saturated rings. The molecule has 1 aromatic heterocycles. The van der Waals surface area contributed by atoms with Gasteiger partial charge in [-0.15, -0.1) is 0 Å². The molecule has 1 atom stereocenters. The van der Waals surface area contributed by atoms with Crippen LogP contribution in [-0.2, 0) is 30.2 Å². The monoisotopic (exact) mass is 435 g/mol. The third kappa shape index (κ3) is 3.64. The van der Waals surface area contributed by atoms with Crippen molar-refractivity contribution in [3.63, 3.8) is 0 Å². The molecule has 7 nitrogen and oxygen atoms in total. The number of anilines is 1. The van der Waals surface area contributed by atoms with E-state index >= 15 is 0 Å². The smallest absolute Gasteiger partial charge is 0.337 e. The molecule has 3 aromatic rings. The van der Waals surface area contributed by atoms with Crippen LogP contribution in [0.5, 0.6) is 0 Å². The lowest BCUT2D eigenvalue weighted by atomic mass is 9.82. The van der Waals surface area contributed by atoms with Crippen molar-refractivity contribution in [2.45, 2.75) is 19.4 Å². The summed E-state index contributed by atoms with van der Waals surface area (Å²) in [5.74, 6) is -1.77. The minimum absolute atomic E-state index is 0.0461. The Balaban J connectivity index is 1.87. The van der Waals surface area contributed by atoms with E-state index in [0.717, 1.165) is 10.1 Å². The van der Waals surface area contributed by atoms with Gasteiger partial charge in [0.05, 0.1) is 17.1 Å². The van der Waals surface area contributed by atoms with Crippen LogP contribution in [0.1, 0.15) is 29.5 Å². The Hall–Kier alpha value is -3.94. The summed E-state index contributed by atoms with van der Waals surface area (Å²) >= 11 is 0. The normalized spacial score (nSPS) is 15.2. The van der Waals surface area contributed by atoms with E-state index < -0.39 is 29.0 Å². The fourth-order valence-electron chi connectivity index (χ4n) is 3.98. The van der Waals surface area contributed by atoms with Crippen LogP contribution >= 0.6 is 0 Å². The zero-order valence-electron chi connectivity index (χ0n) is 17.9. The Kier molecular flexibility index (Phi) is 5.52. The van der Waals surface area contributed by atoms with Crippen LogP contribution in [0, 0.1) is 5.82 Å². The summed E-state index contributed by atoms with van der Waals surface area (Å²) in [4.78, 5) is 38.8. The molecule has 2 heterocycles. The average Bonchev–Trinajstić information content (AvgIpc) is 2.79. The van der Waals surface area contributed by atoms with Gasteiger partial charge in [0.15, 0.2) is 0 Å². The van der Waals surface area contributed by atoms with Crippen molar-refractivity contribution >= 4 is 11.8 Å². The minimum Gasteiger partial charge on any atom is -0.457 e. The van der Waals surface area contributed by atoms with E-state index in [1.54, 1.807) is 13.0 Å². The number of halogens is 1. The third-order valence-corrected chi connectivity index (χ3v) is 5.60. The number of nitrogens with zero attached hydrogens (tertiary/aromatic N) is 2. The van der Waals surface area contributed by atoms with Gasteiger partial charge in [0.1, 0.15) is 18.2 Å². The maximum absolute atomic E-state index is 14.1. The van der Waals surface area contributed by atoms with Crippen LogP contribution in [-0.4, -0.2) is 15.1 Å². The molecule has 2 aromatic carbocycles. The molecule has 1 aliphatic rings. The van der Waals surface area contributed by atoms with Crippen molar-refractivity contribution in [2.24, 2.45) is 14.1 Å². The van der Waals surface area contributed by atoms with Gasteiger partial charge >= 0.3 is 11.7 Å². The van der Waals surface area contributed by atoms with Crippen molar-refractivity contribution in [1.29, 1.82) is 0 Å². The molecule has 1 N–H and O–H groups in total. The molecule has 0 saturated carbocycles. The SMILES string of the molecule is CC1=C(C(=O)OCc2ccccc2)[C@@H](c2cccc(F)c2)c2c(n(C)c(=O)n(C)c2=O)N1. The standard InChI is InChI=1S/C24H22FN3O4/c1-14-18(23(30)32-13-15-8-5-4-6-9-15)19(16-10-7-11-17(25)12-16)20-21(26-14)27(2)24(31)28(3)22(20)29/h4-12,19,26H,13H2,1-3H3/t19-/m1/s1. The van der Waals surface area contributed by atoms with E-state index in [0.29, 0.717) is 11.3 Å². The Morgan fingerprint density at radius 3 is 2.47 bits per heavy atom. The van der Waals surface area contributed by atoms with E-state index in [-0.39, 0.29) is 23.6 Å². The molecule has 4 rings (SSSR count). The Bertz CT molecular complexity index is 1360. The molecule has 0 bridgehead atoms. The summed E-state index contributed by atoms with van der Waals surface area (Å²) in [7, 11) is 2.90. The van der Waals surface area contributed by atoms with Crippen LogP contribution < -0.4 is 16.6 Å². The molecule has 8 heteroatoms. The number of hydrogen-bond acceptors (Lipinski definition) is 5. The topological polar surface area (TPSA) is 82.3 Å². The van der Waals surface area contributed by atoms with Crippen molar-refractivity contribution < 1.29 is 13.9 Å².